The lowest BCUT2D eigenvalue weighted by atomic mass is 9.97. The zero-order valence-electron chi connectivity index (χ0n) is 27.6. The number of fused-ring (bicyclic) bond motifs is 9. The molecule has 238 valence electrons. The Bertz CT molecular complexity index is 2770. The molecular formula is C48H30O2Si. The van der Waals surface area contributed by atoms with Crippen molar-refractivity contribution in [1.82, 2.24) is 0 Å². The summed E-state index contributed by atoms with van der Waals surface area (Å²) < 4.78 is 13.1. The Morgan fingerprint density at radius 3 is 1.20 bits per heavy atom. The maximum Gasteiger partial charge on any atom is 0.180 e. The molecule has 0 spiro atoms. The summed E-state index contributed by atoms with van der Waals surface area (Å²) >= 11 is 0. The van der Waals surface area contributed by atoms with Gasteiger partial charge in [-0.3, -0.25) is 0 Å². The average molecular weight is 667 g/mol. The SMILES string of the molecule is c1ccc([Si]2(c3ccccc3)c3cc(-c4cccc5c4oc4ccccc45)ccc3-c3ccc(-c4cccc5c4oc4ccccc45)cc32)cc1. The van der Waals surface area contributed by atoms with Gasteiger partial charge in [-0.25, -0.2) is 0 Å². The first-order valence-electron chi connectivity index (χ1n) is 17.5. The zero-order chi connectivity index (χ0) is 33.5. The molecule has 0 bridgehead atoms. The van der Waals surface area contributed by atoms with Gasteiger partial charge in [0.15, 0.2) is 8.07 Å². The molecule has 0 atom stereocenters. The van der Waals surface area contributed by atoms with Crippen molar-refractivity contribution in [2.45, 2.75) is 0 Å². The van der Waals surface area contributed by atoms with E-state index in [1.165, 1.54) is 43.0 Å². The van der Waals surface area contributed by atoms with E-state index < -0.39 is 8.07 Å². The minimum Gasteiger partial charge on any atom is -0.455 e. The highest BCUT2D eigenvalue weighted by Crippen LogP contribution is 2.40. The van der Waals surface area contributed by atoms with Gasteiger partial charge in [-0.15, -0.1) is 0 Å². The molecule has 8 aromatic carbocycles. The Hall–Kier alpha value is -6.42. The van der Waals surface area contributed by atoms with E-state index in [2.05, 4.69) is 170 Å². The molecule has 0 saturated heterocycles. The maximum atomic E-state index is 6.56. The van der Waals surface area contributed by atoms with Gasteiger partial charge in [0.2, 0.25) is 0 Å². The lowest BCUT2D eigenvalue weighted by Crippen LogP contribution is -2.72. The minimum absolute atomic E-state index is 0.915. The molecule has 0 fully saturated rings. The average Bonchev–Trinajstić information content (AvgIpc) is 3.86. The summed E-state index contributed by atoms with van der Waals surface area (Å²) in [6.45, 7) is 0. The molecular weight excluding hydrogens is 637 g/mol. The molecule has 0 N–H and O–H groups in total. The molecule has 0 unspecified atom stereocenters. The Kier molecular flexibility index (Phi) is 6.01. The van der Waals surface area contributed by atoms with Gasteiger partial charge in [0.05, 0.1) is 0 Å². The Morgan fingerprint density at radius 2 is 0.725 bits per heavy atom. The van der Waals surface area contributed by atoms with Crippen molar-refractivity contribution in [1.29, 1.82) is 0 Å². The largest absolute Gasteiger partial charge is 0.455 e. The van der Waals surface area contributed by atoms with Crippen LogP contribution in [0.2, 0.25) is 0 Å². The molecule has 2 aromatic heterocycles. The van der Waals surface area contributed by atoms with E-state index in [1.807, 2.05) is 12.1 Å². The third kappa shape index (κ3) is 3.98. The molecule has 0 amide bonds. The molecule has 10 aromatic rings. The van der Waals surface area contributed by atoms with Crippen molar-refractivity contribution in [3.8, 4) is 33.4 Å². The van der Waals surface area contributed by atoms with Crippen molar-refractivity contribution < 1.29 is 8.83 Å². The van der Waals surface area contributed by atoms with Gasteiger partial charge in [0, 0.05) is 32.7 Å². The topological polar surface area (TPSA) is 26.3 Å². The van der Waals surface area contributed by atoms with Crippen LogP contribution in [0.15, 0.2) is 191 Å². The molecule has 3 heterocycles. The van der Waals surface area contributed by atoms with Crippen LogP contribution in [0, 0.1) is 0 Å². The van der Waals surface area contributed by atoms with Crippen molar-refractivity contribution in [2.75, 3.05) is 0 Å². The third-order valence-electron chi connectivity index (χ3n) is 11.0. The molecule has 1 aliphatic rings. The summed E-state index contributed by atoms with van der Waals surface area (Å²) in [5, 5.41) is 10.1. The highest BCUT2D eigenvalue weighted by Gasteiger charge is 2.49. The lowest BCUT2D eigenvalue weighted by molar-refractivity contribution is 0.669. The predicted molar refractivity (Wildman–Crippen MR) is 214 cm³/mol. The van der Waals surface area contributed by atoms with E-state index in [1.54, 1.807) is 0 Å². The molecule has 1 aliphatic heterocycles. The summed E-state index contributed by atoms with van der Waals surface area (Å²) in [6.07, 6.45) is 0. The first kappa shape index (κ1) is 28.4. The Morgan fingerprint density at radius 1 is 0.314 bits per heavy atom. The standard InChI is InChI=1S/C48H30O2Si/c1-3-13-33(14-4-1)51(34-15-5-2-6-16-34)45-29-31(35-19-11-21-41-37-17-7-9-23-43(37)49-47(35)41)25-27-39(45)40-28-26-32(30-46(40)51)36-20-12-22-42-38-18-8-10-24-44(38)50-48(36)42/h1-30H. The zero-order valence-corrected chi connectivity index (χ0v) is 28.6. The summed E-state index contributed by atoms with van der Waals surface area (Å²) in [4.78, 5) is 0. The first-order valence-corrected chi connectivity index (χ1v) is 19.5. The van der Waals surface area contributed by atoms with Gasteiger partial charge in [-0.1, -0.05) is 170 Å². The predicted octanol–water partition coefficient (Wildman–Crippen LogP) is 10.2. The third-order valence-corrected chi connectivity index (χ3v) is 15.8. The van der Waals surface area contributed by atoms with Crippen LogP contribution in [0.3, 0.4) is 0 Å². The maximum absolute atomic E-state index is 6.56. The number of benzene rings is 8. The number of furan rings is 2. The second-order valence-corrected chi connectivity index (χ2v) is 17.3. The monoisotopic (exact) mass is 666 g/mol. The van der Waals surface area contributed by atoms with E-state index >= 15 is 0 Å². The van der Waals surface area contributed by atoms with Gasteiger partial charge in [0.25, 0.3) is 0 Å². The molecule has 0 saturated carbocycles. The summed E-state index contributed by atoms with van der Waals surface area (Å²) in [5.41, 5.74) is 10.9. The fourth-order valence-corrected chi connectivity index (χ4v) is 14.0. The molecule has 0 radical (unpaired) electrons. The van der Waals surface area contributed by atoms with Crippen LogP contribution in [0.5, 0.6) is 0 Å². The fraction of sp³-hybridized carbons (Fsp3) is 0. The Balaban J connectivity index is 1.20. The van der Waals surface area contributed by atoms with Crippen LogP contribution in [0.1, 0.15) is 0 Å². The van der Waals surface area contributed by atoms with Crippen molar-refractivity contribution in [2.24, 2.45) is 0 Å². The van der Waals surface area contributed by atoms with Gasteiger partial charge in [-0.05, 0) is 55.1 Å². The quantitative estimate of drug-likeness (QED) is 0.175. The molecule has 0 aliphatic carbocycles. The normalized spacial score (nSPS) is 13.3. The van der Waals surface area contributed by atoms with Crippen LogP contribution in [-0.4, -0.2) is 8.07 Å². The van der Waals surface area contributed by atoms with Gasteiger partial charge in [-0.2, -0.15) is 0 Å². The van der Waals surface area contributed by atoms with Crippen LogP contribution >= 0.6 is 0 Å². The summed E-state index contributed by atoms with van der Waals surface area (Å²) in [6, 6.07) is 66.4. The molecule has 11 rings (SSSR count). The van der Waals surface area contributed by atoms with E-state index in [0.29, 0.717) is 0 Å². The Labute approximate surface area is 295 Å². The lowest BCUT2D eigenvalue weighted by Gasteiger charge is -2.31. The van der Waals surface area contributed by atoms with Crippen LogP contribution in [0.25, 0.3) is 77.3 Å². The van der Waals surface area contributed by atoms with E-state index in [-0.39, 0.29) is 0 Å². The second-order valence-electron chi connectivity index (χ2n) is 13.6. The summed E-state index contributed by atoms with van der Waals surface area (Å²) in [7, 11) is -2.81. The molecule has 3 heteroatoms. The minimum atomic E-state index is -2.81. The smallest absolute Gasteiger partial charge is 0.180 e. The van der Waals surface area contributed by atoms with Crippen molar-refractivity contribution >= 4 is 72.7 Å². The first-order chi connectivity index (χ1) is 25.3. The van der Waals surface area contributed by atoms with Crippen LogP contribution in [-0.2, 0) is 0 Å². The van der Waals surface area contributed by atoms with E-state index in [0.717, 1.165) is 55.0 Å². The van der Waals surface area contributed by atoms with Crippen LogP contribution in [0.4, 0.5) is 0 Å². The number of hydrogen-bond acceptors (Lipinski definition) is 2. The number of para-hydroxylation sites is 4. The van der Waals surface area contributed by atoms with E-state index in [9.17, 15) is 0 Å². The van der Waals surface area contributed by atoms with E-state index in [4.69, 9.17) is 8.83 Å². The molecule has 51 heavy (non-hydrogen) atoms. The second kappa shape index (κ2) is 10.8. The van der Waals surface area contributed by atoms with Crippen molar-refractivity contribution in [3.05, 3.63) is 182 Å². The van der Waals surface area contributed by atoms with Crippen molar-refractivity contribution in [3.63, 3.8) is 0 Å². The van der Waals surface area contributed by atoms with Gasteiger partial charge in [0.1, 0.15) is 22.3 Å². The van der Waals surface area contributed by atoms with Gasteiger partial charge < -0.3 is 8.83 Å². The number of hydrogen-bond donors (Lipinski definition) is 0. The van der Waals surface area contributed by atoms with Gasteiger partial charge >= 0.3 is 0 Å². The fourth-order valence-electron chi connectivity index (χ4n) is 8.77. The molecule has 2 nitrogen and oxygen atoms in total. The number of rotatable bonds is 4. The summed E-state index contributed by atoms with van der Waals surface area (Å²) in [5.74, 6) is 0. The highest BCUT2D eigenvalue weighted by molar-refractivity contribution is 7.22. The highest BCUT2D eigenvalue weighted by atomic mass is 28.3. The van der Waals surface area contributed by atoms with Crippen LogP contribution < -0.4 is 20.7 Å².